The number of ether oxygens (including phenoxy) is 1. The second kappa shape index (κ2) is 7.14. The van der Waals surface area contributed by atoms with Crippen molar-refractivity contribution in [3.05, 3.63) is 23.9 Å². The van der Waals surface area contributed by atoms with Crippen LogP contribution in [-0.4, -0.2) is 47.8 Å². The number of amides is 1. The fourth-order valence-electron chi connectivity index (χ4n) is 3.84. The van der Waals surface area contributed by atoms with E-state index >= 15 is 0 Å². The van der Waals surface area contributed by atoms with Crippen molar-refractivity contribution in [2.45, 2.75) is 52.1 Å². The van der Waals surface area contributed by atoms with Crippen molar-refractivity contribution in [1.82, 2.24) is 9.88 Å². The van der Waals surface area contributed by atoms with Gasteiger partial charge in [0.25, 0.3) is 0 Å². The molecule has 0 radical (unpaired) electrons. The fraction of sp³-hybridized carbons (Fsp3) is 0.650. The Morgan fingerprint density at radius 1 is 1.15 bits per heavy atom. The van der Waals surface area contributed by atoms with E-state index in [2.05, 4.69) is 16.0 Å². The zero-order chi connectivity index (χ0) is 18.8. The summed E-state index contributed by atoms with van der Waals surface area (Å²) in [7, 11) is 0. The van der Waals surface area contributed by atoms with Crippen LogP contribution < -0.4 is 4.90 Å². The van der Waals surface area contributed by atoms with Gasteiger partial charge >= 0.3 is 6.09 Å². The molecule has 1 amide bonds. The lowest BCUT2D eigenvalue weighted by atomic mass is 9.71. The summed E-state index contributed by atoms with van der Waals surface area (Å²) in [4.78, 5) is 20.8. The molecule has 26 heavy (non-hydrogen) atoms. The summed E-state index contributed by atoms with van der Waals surface area (Å²) in [6.07, 6.45) is 5.78. The highest BCUT2D eigenvalue weighted by atomic mass is 16.6. The first kappa shape index (κ1) is 18.5. The minimum atomic E-state index is -0.439. The first-order chi connectivity index (χ1) is 12.3. The molecule has 3 rings (SSSR count). The van der Waals surface area contributed by atoms with E-state index in [1.807, 2.05) is 37.8 Å². The Bertz CT molecular complexity index is 669. The summed E-state index contributed by atoms with van der Waals surface area (Å²) in [5, 5.41) is 8.89. The summed E-state index contributed by atoms with van der Waals surface area (Å²) < 4.78 is 5.49. The number of anilines is 1. The monoisotopic (exact) mass is 356 g/mol. The van der Waals surface area contributed by atoms with Gasteiger partial charge in [-0.2, -0.15) is 5.26 Å². The van der Waals surface area contributed by atoms with Crippen LogP contribution in [0.5, 0.6) is 0 Å². The smallest absolute Gasteiger partial charge is 0.410 e. The molecule has 140 valence electrons. The van der Waals surface area contributed by atoms with Crippen LogP contribution in [0.25, 0.3) is 0 Å². The Morgan fingerprint density at radius 3 is 2.27 bits per heavy atom. The summed E-state index contributed by atoms with van der Waals surface area (Å²) in [5.74, 6) is 0.949. The van der Waals surface area contributed by atoms with Crippen LogP contribution in [0.1, 0.15) is 52.0 Å². The molecule has 0 atom stereocenters. The van der Waals surface area contributed by atoms with Gasteiger partial charge in [-0.1, -0.05) is 0 Å². The average Bonchev–Trinajstić information content (AvgIpc) is 2.62. The number of rotatable bonds is 1. The first-order valence-electron chi connectivity index (χ1n) is 9.39. The molecule has 2 aliphatic rings. The van der Waals surface area contributed by atoms with E-state index in [0.717, 1.165) is 57.7 Å². The van der Waals surface area contributed by atoms with E-state index in [4.69, 9.17) is 10.00 Å². The molecular weight excluding hydrogens is 328 g/mol. The van der Waals surface area contributed by atoms with E-state index in [0.29, 0.717) is 11.0 Å². The molecule has 0 unspecified atom stereocenters. The van der Waals surface area contributed by atoms with Crippen LogP contribution in [0, 0.1) is 16.7 Å². The number of pyridine rings is 1. The molecule has 2 saturated heterocycles. The molecule has 0 aromatic carbocycles. The zero-order valence-electron chi connectivity index (χ0n) is 16.0. The van der Waals surface area contributed by atoms with E-state index < -0.39 is 5.60 Å². The fourth-order valence-corrected chi connectivity index (χ4v) is 3.84. The molecular formula is C20H28N4O2. The Morgan fingerprint density at radius 2 is 1.77 bits per heavy atom. The second-order valence-corrected chi connectivity index (χ2v) is 8.47. The molecule has 0 saturated carbocycles. The van der Waals surface area contributed by atoms with Gasteiger partial charge < -0.3 is 14.5 Å². The van der Waals surface area contributed by atoms with Crippen LogP contribution in [0.15, 0.2) is 18.3 Å². The number of nitriles is 1. The van der Waals surface area contributed by atoms with Gasteiger partial charge in [-0.3, -0.25) is 0 Å². The first-order valence-corrected chi connectivity index (χ1v) is 9.39. The number of aromatic nitrogens is 1. The Hall–Kier alpha value is -2.29. The number of likely N-dealkylation sites (tertiary alicyclic amines) is 1. The number of hydrogen-bond donors (Lipinski definition) is 0. The van der Waals surface area contributed by atoms with E-state index in [1.54, 1.807) is 6.20 Å². The molecule has 0 bridgehead atoms. The lowest BCUT2D eigenvalue weighted by molar-refractivity contribution is 0.00664. The van der Waals surface area contributed by atoms with Gasteiger partial charge in [0.15, 0.2) is 0 Å². The Kier molecular flexibility index (Phi) is 5.08. The van der Waals surface area contributed by atoms with Crippen molar-refractivity contribution < 1.29 is 9.53 Å². The average molecular weight is 356 g/mol. The van der Waals surface area contributed by atoms with Gasteiger partial charge in [-0.05, 0) is 64.0 Å². The summed E-state index contributed by atoms with van der Waals surface area (Å²) in [5.41, 5.74) is 0.490. The van der Waals surface area contributed by atoms with Gasteiger partial charge in [0, 0.05) is 32.4 Å². The number of nitrogens with zero attached hydrogens (tertiary/aromatic N) is 4. The summed E-state index contributed by atoms with van der Waals surface area (Å²) >= 11 is 0. The molecule has 6 heteroatoms. The number of hydrogen-bond acceptors (Lipinski definition) is 5. The summed E-state index contributed by atoms with van der Waals surface area (Å²) in [6.45, 7) is 9.24. The van der Waals surface area contributed by atoms with Gasteiger partial charge in [-0.15, -0.1) is 0 Å². The molecule has 2 fully saturated rings. The zero-order valence-corrected chi connectivity index (χ0v) is 16.0. The predicted molar refractivity (Wildman–Crippen MR) is 99.9 cm³/mol. The van der Waals surface area contributed by atoms with Crippen molar-refractivity contribution >= 4 is 11.9 Å². The minimum Gasteiger partial charge on any atom is -0.444 e. The van der Waals surface area contributed by atoms with Crippen LogP contribution >= 0.6 is 0 Å². The van der Waals surface area contributed by atoms with Crippen molar-refractivity contribution in [2.24, 2.45) is 5.41 Å². The molecule has 6 nitrogen and oxygen atoms in total. The van der Waals surface area contributed by atoms with Crippen LogP contribution in [-0.2, 0) is 4.74 Å². The topological polar surface area (TPSA) is 69.5 Å². The predicted octanol–water partition coefficient (Wildman–Crippen LogP) is 3.57. The van der Waals surface area contributed by atoms with Crippen LogP contribution in [0.2, 0.25) is 0 Å². The molecule has 0 aliphatic carbocycles. The lowest BCUT2D eigenvalue weighted by Gasteiger charge is -2.47. The molecule has 1 spiro atoms. The third-order valence-corrected chi connectivity index (χ3v) is 5.50. The van der Waals surface area contributed by atoms with Crippen LogP contribution in [0.3, 0.4) is 0 Å². The molecule has 3 heterocycles. The highest BCUT2D eigenvalue weighted by Gasteiger charge is 2.39. The normalized spacial score (nSPS) is 19.9. The Labute approximate surface area is 155 Å². The molecule has 1 aromatic heterocycles. The molecule has 1 aromatic rings. The highest BCUT2D eigenvalue weighted by molar-refractivity contribution is 5.68. The van der Waals surface area contributed by atoms with Crippen molar-refractivity contribution in [1.29, 1.82) is 5.26 Å². The number of carbonyl (C=O) groups is 1. The second-order valence-electron chi connectivity index (χ2n) is 8.47. The van der Waals surface area contributed by atoms with E-state index in [1.165, 1.54) is 0 Å². The maximum atomic E-state index is 12.2. The maximum absolute atomic E-state index is 12.2. The quantitative estimate of drug-likeness (QED) is 0.769. The molecule has 2 aliphatic heterocycles. The summed E-state index contributed by atoms with van der Waals surface area (Å²) in [6, 6.07) is 5.87. The third kappa shape index (κ3) is 4.27. The maximum Gasteiger partial charge on any atom is 0.410 e. The third-order valence-electron chi connectivity index (χ3n) is 5.50. The largest absolute Gasteiger partial charge is 0.444 e. The minimum absolute atomic E-state index is 0.188. The van der Waals surface area contributed by atoms with E-state index in [-0.39, 0.29) is 6.09 Å². The number of carbonyl (C=O) groups excluding carboxylic acids is 1. The van der Waals surface area contributed by atoms with Gasteiger partial charge in [-0.25, -0.2) is 9.78 Å². The van der Waals surface area contributed by atoms with Crippen molar-refractivity contribution in [3.8, 4) is 6.07 Å². The van der Waals surface area contributed by atoms with Gasteiger partial charge in [0.05, 0.1) is 5.56 Å². The SMILES string of the molecule is CC(C)(C)OC(=O)N1CCC2(CC1)CCN(c1ccc(C#N)cn1)CC2. The Balaban J connectivity index is 1.52. The highest BCUT2D eigenvalue weighted by Crippen LogP contribution is 2.42. The van der Waals surface area contributed by atoms with E-state index in [9.17, 15) is 4.79 Å². The van der Waals surface area contributed by atoms with Gasteiger partial charge in [0.2, 0.25) is 0 Å². The van der Waals surface area contributed by atoms with Crippen molar-refractivity contribution in [3.63, 3.8) is 0 Å². The van der Waals surface area contributed by atoms with Crippen molar-refractivity contribution in [2.75, 3.05) is 31.1 Å². The van der Waals surface area contributed by atoms with Crippen LogP contribution in [0.4, 0.5) is 10.6 Å². The van der Waals surface area contributed by atoms with Gasteiger partial charge in [0.1, 0.15) is 17.5 Å². The number of piperidine rings is 2. The standard InChI is InChI=1S/C20H28N4O2/c1-19(2,3)26-18(25)24-12-8-20(9-13-24)6-10-23(11-7-20)17-5-4-16(14-21)15-22-17/h4-5,15H,6-13H2,1-3H3. The molecule has 0 N–H and O–H groups in total. The lowest BCUT2D eigenvalue weighted by Crippen LogP contribution is -2.49.